The van der Waals surface area contributed by atoms with Gasteiger partial charge in [-0.25, -0.2) is 4.79 Å². The number of carboxylic acid groups (broad SMARTS) is 1. The van der Waals surface area contributed by atoms with Gasteiger partial charge in [-0.15, -0.1) is 0 Å². The van der Waals surface area contributed by atoms with Crippen molar-refractivity contribution in [3.63, 3.8) is 0 Å². The average molecular weight is 187 g/mol. The van der Waals surface area contributed by atoms with Crippen LogP contribution in [-0.2, 0) is 0 Å². The number of nitrogens with zero attached hydrogens (tertiary/aromatic N) is 1. The lowest BCUT2D eigenvalue weighted by atomic mass is 9.84. The quantitative estimate of drug-likeness (QED) is 0.598. The van der Waals surface area contributed by atoms with Gasteiger partial charge in [0.1, 0.15) is 0 Å². The van der Waals surface area contributed by atoms with Gasteiger partial charge >= 0.3 is 6.09 Å². The number of aliphatic hydroxyl groups excluding tert-OH is 1. The largest absolute Gasteiger partial charge is 0.465 e. The molecule has 0 aromatic rings. The second-order valence-electron chi connectivity index (χ2n) is 4.64. The van der Waals surface area contributed by atoms with Crippen LogP contribution in [0.15, 0.2) is 0 Å². The first-order valence-corrected chi connectivity index (χ1v) is 4.51. The minimum Gasteiger partial charge on any atom is -0.465 e. The molecule has 2 N–H and O–H groups in total. The molecule has 1 saturated heterocycles. The van der Waals surface area contributed by atoms with Crippen LogP contribution in [0.5, 0.6) is 0 Å². The topological polar surface area (TPSA) is 60.8 Å². The van der Waals surface area contributed by atoms with Crippen molar-refractivity contribution in [2.45, 2.75) is 39.3 Å². The molecule has 0 aromatic heterocycles. The molecule has 1 fully saturated rings. The first-order valence-electron chi connectivity index (χ1n) is 4.51. The molecule has 0 spiro atoms. The molecule has 1 amide bonds. The SMILES string of the molecule is CC(C)(C)C1[C@H](O)CCN1C(=O)O. The summed E-state index contributed by atoms with van der Waals surface area (Å²) >= 11 is 0. The highest BCUT2D eigenvalue weighted by Crippen LogP contribution is 2.32. The molecule has 13 heavy (non-hydrogen) atoms. The molecule has 1 aliphatic rings. The Labute approximate surface area is 78.2 Å². The Kier molecular flexibility index (Phi) is 2.52. The summed E-state index contributed by atoms with van der Waals surface area (Å²) in [7, 11) is 0. The molecule has 1 heterocycles. The molecule has 1 rings (SSSR count). The lowest BCUT2D eigenvalue weighted by Crippen LogP contribution is -2.47. The van der Waals surface area contributed by atoms with Crippen LogP contribution in [0.25, 0.3) is 0 Å². The smallest absolute Gasteiger partial charge is 0.407 e. The van der Waals surface area contributed by atoms with E-state index in [1.54, 1.807) is 0 Å². The van der Waals surface area contributed by atoms with Crippen LogP contribution in [0, 0.1) is 5.41 Å². The second-order valence-corrected chi connectivity index (χ2v) is 4.64. The van der Waals surface area contributed by atoms with Gasteiger partial charge in [0, 0.05) is 6.54 Å². The molecule has 1 unspecified atom stereocenters. The fraction of sp³-hybridized carbons (Fsp3) is 0.889. The van der Waals surface area contributed by atoms with Gasteiger partial charge in [0.05, 0.1) is 12.1 Å². The molecule has 4 nitrogen and oxygen atoms in total. The lowest BCUT2D eigenvalue weighted by molar-refractivity contribution is 0.0459. The van der Waals surface area contributed by atoms with Crippen LogP contribution in [0.4, 0.5) is 4.79 Å². The van der Waals surface area contributed by atoms with Crippen LogP contribution in [-0.4, -0.2) is 39.9 Å². The Morgan fingerprint density at radius 1 is 1.46 bits per heavy atom. The summed E-state index contributed by atoms with van der Waals surface area (Å²) in [6, 6.07) is -0.273. The van der Waals surface area contributed by atoms with Crippen LogP contribution in [0.1, 0.15) is 27.2 Å². The standard InChI is InChI=1S/C9H17NO3/c1-9(2,3)7-6(11)4-5-10(7)8(12)13/h6-7,11H,4-5H2,1-3H3,(H,12,13)/t6-,7?/m1/s1. The molecular weight excluding hydrogens is 170 g/mol. The number of carbonyl (C=O) groups is 1. The molecule has 0 aliphatic carbocycles. The number of amides is 1. The average Bonchev–Trinajstić information content (AvgIpc) is 2.28. The van der Waals surface area contributed by atoms with E-state index < -0.39 is 12.2 Å². The second kappa shape index (κ2) is 3.18. The number of hydrogen-bond acceptors (Lipinski definition) is 2. The Hall–Kier alpha value is -0.770. The van der Waals surface area contributed by atoms with Gasteiger partial charge in [0.25, 0.3) is 0 Å². The van der Waals surface area contributed by atoms with Crippen LogP contribution in [0.3, 0.4) is 0 Å². The van der Waals surface area contributed by atoms with E-state index in [1.807, 2.05) is 20.8 Å². The van der Waals surface area contributed by atoms with Crippen molar-refractivity contribution in [3.05, 3.63) is 0 Å². The number of rotatable bonds is 0. The molecule has 0 aromatic carbocycles. The van der Waals surface area contributed by atoms with Crippen molar-refractivity contribution in [3.8, 4) is 0 Å². The monoisotopic (exact) mass is 187 g/mol. The van der Waals surface area contributed by atoms with Gasteiger partial charge in [-0.2, -0.15) is 0 Å². The van der Waals surface area contributed by atoms with Crippen LogP contribution in [0.2, 0.25) is 0 Å². The summed E-state index contributed by atoms with van der Waals surface area (Å²) in [6.45, 7) is 6.28. The molecule has 76 valence electrons. The van der Waals surface area contributed by atoms with E-state index in [2.05, 4.69) is 0 Å². The van der Waals surface area contributed by atoms with Crippen molar-refractivity contribution in [1.29, 1.82) is 0 Å². The van der Waals surface area contributed by atoms with E-state index in [0.29, 0.717) is 13.0 Å². The van der Waals surface area contributed by atoms with E-state index in [-0.39, 0.29) is 11.5 Å². The predicted molar refractivity (Wildman–Crippen MR) is 48.6 cm³/mol. The van der Waals surface area contributed by atoms with Crippen molar-refractivity contribution in [1.82, 2.24) is 4.90 Å². The van der Waals surface area contributed by atoms with Gasteiger partial charge in [-0.3, -0.25) is 0 Å². The number of likely N-dealkylation sites (tertiary alicyclic amines) is 1. The third-order valence-electron chi connectivity index (χ3n) is 2.50. The van der Waals surface area contributed by atoms with Gasteiger partial charge < -0.3 is 15.1 Å². The molecule has 0 bridgehead atoms. The van der Waals surface area contributed by atoms with Gasteiger partial charge in [0.15, 0.2) is 0 Å². The maximum atomic E-state index is 10.8. The number of hydrogen-bond donors (Lipinski definition) is 2. The highest BCUT2D eigenvalue weighted by Gasteiger charge is 2.43. The molecule has 4 heteroatoms. The van der Waals surface area contributed by atoms with E-state index in [0.717, 1.165) is 0 Å². The zero-order chi connectivity index (χ0) is 10.2. The third kappa shape index (κ3) is 1.94. The molecule has 0 radical (unpaired) electrons. The predicted octanol–water partition coefficient (Wildman–Crippen LogP) is 1.15. The summed E-state index contributed by atoms with van der Waals surface area (Å²) in [6.07, 6.45) is -0.901. The normalized spacial score (nSPS) is 29.4. The Bertz CT molecular complexity index is 209. The molecular formula is C9H17NO3. The first-order chi connectivity index (χ1) is 5.84. The van der Waals surface area contributed by atoms with Gasteiger partial charge in [0.2, 0.25) is 0 Å². The summed E-state index contributed by atoms with van der Waals surface area (Å²) in [5.74, 6) is 0. The maximum absolute atomic E-state index is 10.8. The van der Waals surface area contributed by atoms with Gasteiger partial charge in [-0.1, -0.05) is 20.8 Å². The summed E-state index contributed by atoms with van der Waals surface area (Å²) in [4.78, 5) is 12.2. The molecule has 2 atom stereocenters. The van der Waals surface area contributed by atoms with Crippen molar-refractivity contribution < 1.29 is 15.0 Å². The van der Waals surface area contributed by atoms with Crippen molar-refractivity contribution in [2.75, 3.05) is 6.54 Å². The Balaban J connectivity index is 2.83. The van der Waals surface area contributed by atoms with Gasteiger partial charge in [-0.05, 0) is 11.8 Å². The Morgan fingerprint density at radius 2 is 2.00 bits per heavy atom. The minimum absolute atomic E-state index is 0.200. The highest BCUT2D eigenvalue weighted by molar-refractivity contribution is 5.66. The van der Waals surface area contributed by atoms with E-state index in [4.69, 9.17) is 5.11 Å². The zero-order valence-corrected chi connectivity index (χ0v) is 8.32. The van der Waals surface area contributed by atoms with Crippen LogP contribution >= 0.6 is 0 Å². The van der Waals surface area contributed by atoms with E-state index >= 15 is 0 Å². The molecule has 1 aliphatic heterocycles. The fourth-order valence-corrected chi connectivity index (χ4v) is 2.04. The van der Waals surface area contributed by atoms with E-state index in [1.165, 1.54) is 4.90 Å². The summed E-state index contributed by atoms with van der Waals surface area (Å²) in [5.41, 5.74) is -0.200. The fourth-order valence-electron chi connectivity index (χ4n) is 2.04. The maximum Gasteiger partial charge on any atom is 0.407 e. The zero-order valence-electron chi connectivity index (χ0n) is 8.32. The lowest BCUT2D eigenvalue weighted by Gasteiger charge is -2.35. The van der Waals surface area contributed by atoms with Crippen molar-refractivity contribution >= 4 is 6.09 Å². The third-order valence-corrected chi connectivity index (χ3v) is 2.50. The first kappa shape index (κ1) is 10.3. The Morgan fingerprint density at radius 3 is 2.31 bits per heavy atom. The number of aliphatic hydroxyl groups is 1. The van der Waals surface area contributed by atoms with Crippen LogP contribution < -0.4 is 0 Å². The summed E-state index contributed by atoms with van der Waals surface area (Å²) in [5, 5.41) is 18.5. The summed E-state index contributed by atoms with van der Waals surface area (Å²) < 4.78 is 0. The highest BCUT2D eigenvalue weighted by atomic mass is 16.4. The molecule has 0 saturated carbocycles. The van der Waals surface area contributed by atoms with E-state index in [9.17, 15) is 9.90 Å². The minimum atomic E-state index is -0.934. The van der Waals surface area contributed by atoms with Crippen molar-refractivity contribution in [2.24, 2.45) is 5.41 Å².